The van der Waals surface area contributed by atoms with Crippen molar-refractivity contribution < 1.29 is 14.3 Å². The maximum Gasteiger partial charge on any atom is 0.419 e. The van der Waals surface area contributed by atoms with E-state index in [0.29, 0.717) is 18.5 Å². The molecule has 0 saturated carbocycles. The summed E-state index contributed by atoms with van der Waals surface area (Å²) in [5.74, 6) is -1.04. The van der Waals surface area contributed by atoms with Crippen LogP contribution in [-0.4, -0.2) is 15.6 Å². The third-order valence-electron chi connectivity index (χ3n) is 3.54. The average molecular weight is 291 g/mol. The van der Waals surface area contributed by atoms with Crippen molar-refractivity contribution in [3.8, 4) is 0 Å². The van der Waals surface area contributed by atoms with Crippen molar-refractivity contribution in [2.24, 2.45) is 0 Å². The van der Waals surface area contributed by atoms with Gasteiger partial charge < -0.3 is 9.52 Å². The van der Waals surface area contributed by atoms with Crippen LogP contribution in [0, 0.1) is 0 Å². The Kier molecular flexibility index (Phi) is 5.20. The molecule has 0 radical (unpaired) electrons. The SMILES string of the molecule is CCCn1c(=O)oc2cc(CCCCCC(=O)O)ccc21. The molecule has 2 aromatic rings. The maximum absolute atomic E-state index is 11.7. The van der Waals surface area contributed by atoms with E-state index in [4.69, 9.17) is 9.52 Å². The topological polar surface area (TPSA) is 72.4 Å². The Morgan fingerprint density at radius 3 is 2.81 bits per heavy atom. The monoisotopic (exact) mass is 291 g/mol. The molecule has 0 aliphatic rings. The Morgan fingerprint density at radius 1 is 1.29 bits per heavy atom. The van der Waals surface area contributed by atoms with Crippen LogP contribution in [-0.2, 0) is 17.8 Å². The zero-order valence-electron chi connectivity index (χ0n) is 12.3. The summed E-state index contributed by atoms with van der Waals surface area (Å²) < 4.78 is 6.94. The molecule has 1 aromatic heterocycles. The van der Waals surface area contributed by atoms with Crippen LogP contribution in [0.5, 0.6) is 0 Å². The third kappa shape index (κ3) is 3.97. The van der Waals surface area contributed by atoms with Gasteiger partial charge in [-0.1, -0.05) is 19.4 Å². The fourth-order valence-electron chi connectivity index (χ4n) is 2.48. The number of carbonyl (C=O) groups is 1. The van der Waals surface area contributed by atoms with Gasteiger partial charge in [-0.25, -0.2) is 4.79 Å². The van der Waals surface area contributed by atoms with Gasteiger partial charge in [0.2, 0.25) is 0 Å². The number of hydrogen-bond acceptors (Lipinski definition) is 3. The van der Waals surface area contributed by atoms with Gasteiger partial charge >= 0.3 is 11.7 Å². The summed E-state index contributed by atoms with van der Waals surface area (Å²) >= 11 is 0. The summed E-state index contributed by atoms with van der Waals surface area (Å²) in [6.07, 6.45) is 4.54. The first kappa shape index (κ1) is 15.4. The summed E-state index contributed by atoms with van der Waals surface area (Å²) in [6.45, 7) is 2.69. The Hall–Kier alpha value is -2.04. The van der Waals surface area contributed by atoms with Crippen molar-refractivity contribution >= 4 is 17.1 Å². The van der Waals surface area contributed by atoms with Crippen LogP contribution < -0.4 is 5.76 Å². The van der Waals surface area contributed by atoms with Crippen LogP contribution in [0.25, 0.3) is 11.1 Å². The van der Waals surface area contributed by atoms with E-state index >= 15 is 0 Å². The second-order valence-corrected chi connectivity index (χ2v) is 5.28. The van der Waals surface area contributed by atoms with E-state index in [1.165, 1.54) is 0 Å². The molecule has 0 bridgehead atoms. The van der Waals surface area contributed by atoms with E-state index in [2.05, 4.69) is 0 Å². The van der Waals surface area contributed by atoms with E-state index in [1.807, 2.05) is 25.1 Å². The molecule has 1 heterocycles. The third-order valence-corrected chi connectivity index (χ3v) is 3.54. The zero-order valence-corrected chi connectivity index (χ0v) is 12.3. The average Bonchev–Trinajstić information content (AvgIpc) is 2.74. The lowest BCUT2D eigenvalue weighted by molar-refractivity contribution is -0.137. The fraction of sp³-hybridized carbons (Fsp3) is 0.500. The number of fused-ring (bicyclic) bond motifs is 1. The van der Waals surface area contributed by atoms with Gasteiger partial charge in [-0.05, 0) is 43.4 Å². The molecule has 0 atom stereocenters. The van der Waals surface area contributed by atoms with Crippen molar-refractivity contribution in [2.45, 2.75) is 52.0 Å². The molecule has 0 amide bonds. The number of carboxylic acids is 1. The summed E-state index contributed by atoms with van der Waals surface area (Å²) in [6, 6.07) is 5.86. The zero-order chi connectivity index (χ0) is 15.2. The summed E-state index contributed by atoms with van der Waals surface area (Å²) in [5.41, 5.74) is 2.60. The number of carboxylic acid groups (broad SMARTS) is 1. The standard InChI is InChI=1S/C16H21NO4/c1-2-10-17-13-9-8-12(11-14(13)21-16(17)20)6-4-3-5-7-15(18)19/h8-9,11H,2-7,10H2,1H3,(H,18,19). The molecular formula is C16H21NO4. The smallest absolute Gasteiger partial charge is 0.419 e. The van der Waals surface area contributed by atoms with Gasteiger partial charge in [-0.2, -0.15) is 0 Å². The van der Waals surface area contributed by atoms with Crippen LogP contribution in [0.3, 0.4) is 0 Å². The normalized spacial score (nSPS) is 11.1. The number of hydrogen-bond donors (Lipinski definition) is 1. The van der Waals surface area contributed by atoms with Gasteiger partial charge in [0.25, 0.3) is 0 Å². The quantitative estimate of drug-likeness (QED) is 0.758. The van der Waals surface area contributed by atoms with E-state index in [0.717, 1.165) is 36.8 Å². The minimum Gasteiger partial charge on any atom is -0.481 e. The second kappa shape index (κ2) is 7.11. The Balaban J connectivity index is 1.99. The fourth-order valence-corrected chi connectivity index (χ4v) is 2.48. The van der Waals surface area contributed by atoms with Crippen molar-refractivity contribution in [2.75, 3.05) is 0 Å². The number of benzene rings is 1. The van der Waals surface area contributed by atoms with Gasteiger partial charge in [0.1, 0.15) is 0 Å². The van der Waals surface area contributed by atoms with Gasteiger partial charge in [-0.15, -0.1) is 0 Å². The molecular weight excluding hydrogens is 270 g/mol. The second-order valence-electron chi connectivity index (χ2n) is 5.28. The van der Waals surface area contributed by atoms with Crippen molar-refractivity contribution in [3.05, 3.63) is 34.3 Å². The molecule has 114 valence electrons. The van der Waals surface area contributed by atoms with Crippen LogP contribution in [0.2, 0.25) is 0 Å². The number of oxazole rings is 1. The molecule has 0 aliphatic heterocycles. The van der Waals surface area contributed by atoms with Crippen LogP contribution in [0.4, 0.5) is 0 Å². The maximum atomic E-state index is 11.7. The first-order chi connectivity index (χ1) is 10.1. The van der Waals surface area contributed by atoms with E-state index in [9.17, 15) is 9.59 Å². The highest BCUT2D eigenvalue weighted by Crippen LogP contribution is 2.17. The highest BCUT2D eigenvalue weighted by Gasteiger charge is 2.08. The van der Waals surface area contributed by atoms with Crippen LogP contribution in [0.15, 0.2) is 27.4 Å². The number of aryl methyl sites for hydroxylation is 2. The lowest BCUT2D eigenvalue weighted by Gasteiger charge is -2.02. The number of unbranched alkanes of at least 4 members (excludes halogenated alkanes) is 2. The molecule has 1 N–H and O–H groups in total. The Labute approximate surface area is 123 Å². The minimum absolute atomic E-state index is 0.230. The first-order valence-corrected chi connectivity index (χ1v) is 7.46. The largest absolute Gasteiger partial charge is 0.481 e. The first-order valence-electron chi connectivity index (χ1n) is 7.46. The van der Waals surface area contributed by atoms with Crippen LogP contribution in [0.1, 0.15) is 44.6 Å². The van der Waals surface area contributed by atoms with E-state index in [-0.39, 0.29) is 12.2 Å². The van der Waals surface area contributed by atoms with Gasteiger partial charge in [0, 0.05) is 13.0 Å². The van der Waals surface area contributed by atoms with E-state index < -0.39 is 5.97 Å². The van der Waals surface area contributed by atoms with E-state index in [1.54, 1.807) is 4.57 Å². The number of aromatic nitrogens is 1. The molecule has 2 rings (SSSR count). The molecule has 0 spiro atoms. The van der Waals surface area contributed by atoms with Gasteiger partial charge in [0.05, 0.1) is 5.52 Å². The number of nitrogens with zero attached hydrogens (tertiary/aromatic N) is 1. The van der Waals surface area contributed by atoms with Crippen molar-refractivity contribution in [3.63, 3.8) is 0 Å². The highest BCUT2D eigenvalue weighted by molar-refractivity contribution is 5.73. The molecule has 5 heteroatoms. The number of rotatable bonds is 8. The summed E-state index contributed by atoms with van der Waals surface area (Å²) in [5, 5.41) is 8.58. The summed E-state index contributed by atoms with van der Waals surface area (Å²) in [4.78, 5) is 22.2. The predicted octanol–water partition coefficient (Wildman–Crippen LogP) is 3.19. The summed E-state index contributed by atoms with van der Waals surface area (Å²) in [7, 11) is 0. The molecule has 0 saturated heterocycles. The molecule has 5 nitrogen and oxygen atoms in total. The number of aliphatic carboxylic acids is 1. The Morgan fingerprint density at radius 2 is 2.10 bits per heavy atom. The minimum atomic E-state index is -0.740. The van der Waals surface area contributed by atoms with Gasteiger partial charge in [-0.3, -0.25) is 9.36 Å². The highest BCUT2D eigenvalue weighted by atomic mass is 16.4. The van der Waals surface area contributed by atoms with Crippen LogP contribution >= 0.6 is 0 Å². The molecule has 0 fully saturated rings. The Bertz CT molecular complexity index is 668. The predicted molar refractivity (Wildman–Crippen MR) is 80.6 cm³/mol. The van der Waals surface area contributed by atoms with Crippen molar-refractivity contribution in [1.82, 2.24) is 4.57 Å². The molecule has 21 heavy (non-hydrogen) atoms. The van der Waals surface area contributed by atoms with Gasteiger partial charge in [0.15, 0.2) is 5.58 Å². The molecule has 0 unspecified atom stereocenters. The lowest BCUT2D eigenvalue weighted by Crippen LogP contribution is -2.13. The molecule has 1 aromatic carbocycles. The molecule has 0 aliphatic carbocycles. The lowest BCUT2D eigenvalue weighted by atomic mass is 10.1. The van der Waals surface area contributed by atoms with Crippen molar-refractivity contribution in [1.29, 1.82) is 0 Å².